The lowest BCUT2D eigenvalue weighted by molar-refractivity contribution is 0.0942. The number of ether oxygens (including phenoxy) is 1. The molecule has 0 radical (unpaired) electrons. The number of rotatable bonds is 5. The molecule has 0 saturated carbocycles. The van der Waals surface area contributed by atoms with Crippen LogP contribution in [0.2, 0.25) is 5.02 Å². The highest BCUT2D eigenvalue weighted by molar-refractivity contribution is 6.30. The fourth-order valence-corrected chi connectivity index (χ4v) is 2.76. The number of carbonyl (C=O) groups excluding carboxylic acids is 1. The molecule has 1 N–H and O–H groups in total. The molecule has 1 unspecified atom stereocenters. The third kappa shape index (κ3) is 4.20. The van der Waals surface area contributed by atoms with Gasteiger partial charge in [-0.25, -0.2) is 0 Å². The molecule has 0 heterocycles. The molecule has 0 saturated heterocycles. The smallest absolute Gasteiger partial charge is 0.252 e. The highest BCUT2D eigenvalue weighted by atomic mass is 35.5. The van der Waals surface area contributed by atoms with Gasteiger partial charge in [-0.3, -0.25) is 4.79 Å². The number of hydrogen-bond donors (Lipinski definition) is 1. The molecule has 25 heavy (non-hydrogen) atoms. The van der Waals surface area contributed by atoms with Gasteiger partial charge in [0.2, 0.25) is 0 Å². The summed E-state index contributed by atoms with van der Waals surface area (Å²) in [6.45, 7) is 0. The first kappa shape index (κ1) is 17.1. The van der Waals surface area contributed by atoms with Gasteiger partial charge >= 0.3 is 0 Å². The van der Waals surface area contributed by atoms with Gasteiger partial charge in [0.25, 0.3) is 5.91 Å². The number of methoxy groups -OCH3 is 1. The zero-order valence-corrected chi connectivity index (χ0v) is 14.5. The Kier molecular flexibility index (Phi) is 5.36. The van der Waals surface area contributed by atoms with Crippen LogP contribution in [0.5, 0.6) is 5.75 Å². The molecule has 0 aliphatic rings. The maximum atomic E-state index is 12.7. The van der Waals surface area contributed by atoms with E-state index in [9.17, 15) is 4.79 Å². The molecule has 0 aromatic heterocycles. The Morgan fingerprint density at radius 2 is 1.60 bits per heavy atom. The summed E-state index contributed by atoms with van der Waals surface area (Å²) >= 11 is 6.00. The van der Waals surface area contributed by atoms with Crippen molar-refractivity contribution in [2.24, 2.45) is 0 Å². The van der Waals surface area contributed by atoms with Crippen molar-refractivity contribution in [2.45, 2.75) is 6.04 Å². The van der Waals surface area contributed by atoms with Crippen LogP contribution in [0, 0.1) is 0 Å². The Morgan fingerprint density at radius 1 is 0.920 bits per heavy atom. The van der Waals surface area contributed by atoms with E-state index >= 15 is 0 Å². The number of halogens is 1. The van der Waals surface area contributed by atoms with E-state index in [1.165, 1.54) is 0 Å². The van der Waals surface area contributed by atoms with Gasteiger partial charge in [-0.1, -0.05) is 60.1 Å². The first-order valence-electron chi connectivity index (χ1n) is 7.92. The molecule has 0 spiro atoms. The predicted molar refractivity (Wildman–Crippen MR) is 100 cm³/mol. The van der Waals surface area contributed by atoms with Crippen molar-refractivity contribution in [1.82, 2.24) is 5.32 Å². The van der Waals surface area contributed by atoms with Crippen LogP contribution in [0.15, 0.2) is 78.9 Å². The highest BCUT2D eigenvalue weighted by Crippen LogP contribution is 2.24. The Bertz CT molecular complexity index is 847. The van der Waals surface area contributed by atoms with E-state index in [1.807, 2.05) is 60.7 Å². The largest absolute Gasteiger partial charge is 0.497 e. The first-order chi connectivity index (χ1) is 12.2. The lowest BCUT2D eigenvalue weighted by Gasteiger charge is -2.20. The molecule has 0 bridgehead atoms. The van der Waals surface area contributed by atoms with Crippen molar-refractivity contribution in [1.29, 1.82) is 0 Å². The van der Waals surface area contributed by atoms with Crippen LogP contribution < -0.4 is 10.1 Å². The second-order valence-electron chi connectivity index (χ2n) is 5.60. The van der Waals surface area contributed by atoms with Crippen LogP contribution in [0.1, 0.15) is 27.5 Å². The third-order valence-corrected chi connectivity index (χ3v) is 4.20. The fraction of sp³-hybridized carbons (Fsp3) is 0.0952. The minimum absolute atomic E-state index is 0.164. The van der Waals surface area contributed by atoms with Gasteiger partial charge in [-0.15, -0.1) is 0 Å². The quantitative estimate of drug-likeness (QED) is 0.712. The molecule has 3 aromatic carbocycles. The Hall–Kier alpha value is -2.78. The summed E-state index contributed by atoms with van der Waals surface area (Å²) in [5.41, 5.74) is 2.52. The average molecular weight is 352 g/mol. The van der Waals surface area contributed by atoms with Crippen LogP contribution in [0.3, 0.4) is 0 Å². The van der Waals surface area contributed by atoms with Gasteiger partial charge in [0.15, 0.2) is 0 Å². The maximum absolute atomic E-state index is 12.7. The molecule has 3 nitrogen and oxygen atoms in total. The summed E-state index contributed by atoms with van der Waals surface area (Å²) in [6.07, 6.45) is 0. The molecule has 0 fully saturated rings. The standard InChI is InChI=1S/C21H18ClNO2/c1-25-19-9-5-8-17(14-19)21(24)23-20(15-6-3-2-4-7-15)16-10-12-18(22)13-11-16/h2-14,20H,1H3,(H,23,24). The SMILES string of the molecule is COc1cccc(C(=O)NC(c2ccccc2)c2ccc(Cl)cc2)c1. The molecule has 3 aromatic rings. The van der Waals surface area contributed by atoms with Crippen molar-refractivity contribution >= 4 is 17.5 Å². The van der Waals surface area contributed by atoms with E-state index in [-0.39, 0.29) is 11.9 Å². The number of nitrogens with one attached hydrogen (secondary N) is 1. The van der Waals surface area contributed by atoms with E-state index in [1.54, 1.807) is 25.3 Å². The van der Waals surface area contributed by atoms with Crippen molar-refractivity contribution in [3.8, 4) is 5.75 Å². The van der Waals surface area contributed by atoms with E-state index in [0.29, 0.717) is 16.3 Å². The van der Waals surface area contributed by atoms with Crippen LogP contribution in [0.25, 0.3) is 0 Å². The summed E-state index contributed by atoms with van der Waals surface area (Å²) in [4.78, 5) is 12.7. The Labute approximate surface area is 152 Å². The molecular weight excluding hydrogens is 334 g/mol. The number of hydrogen-bond acceptors (Lipinski definition) is 2. The van der Waals surface area contributed by atoms with E-state index in [0.717, 1.165) is 11.1 Å². The molecule has 4 heteroatoms. The van der Waals surface area contributed by atoms with E-state index in [4.69, 9.17) is 16.3 Å². The maximum Gasteiger partial charge on any atom is 0.252 e. The zero-order chi connectivity index (χ0) is 17.6. The number of benzene rings is 3. The number of carbonyl (C=O) groups is 1. The second-order valence-corrected chi connectivity index (χ2v) is 6.04. The molecule has 0 aliphatic heterocycles. The van der Waals surface area contributed by atoms with Gasteiger partial charge in [-0.05, 0) is 41.5 Å². The Morgan fingerprint density at radius 3 is 2.28 bits per heavy atom. The summed E-state index contributed by atoms with van der Waals surface area (Å²) in [5, 5.41) is 3.76. The van der Waals surface area contributed by atoms with E-state index < -0.39 is 0 Å². The Balaban J connectivity index is 1.92. The van der Waals surface area contributed by atoms with Gasteiger partial charge < -0.3 is 10.1 Å². The normalized spacial score (nSPS) is 11.6. The van der Waals surface area contributed by atoms with E-state index in [2.05, 4.69) is 5.32 Å². The van der Waals surface area contributed by atoms with Crippen LogP contribution in [0.4, 0.5) is 0 Å². The first-order valence-corrected chi connectivity index (χ1v) is 8.30. The monoisotopic (exact) mass is 351 g/mol. The van der Waals surface area contributed by atoms with Crippen LogP contribution >= 0.6 is 11.6 Å². The summed E-state index contributed by atoms with van der Waals surface area (Å²) in [5.74, 6) is 0.484. The lowest BCUT2D eigenvalue weighted by Crippen LogP contribution is -2.29. The minimum Gasteiger partial charge on any atom is -0.497 e. The molecule has 126 valence electrons. The van der Waals surface area contributed by atoms with Gasteiger partial charge in [0.1, 0.15) is 5.75 Å². The van der Waals surface area contributed by atoms with Gasteiger partial charge in [-0.2, -0.15) is 0 Å². The van der Waals surface area contributed by atoms with Gasteiger partial charge in [0, 0.05) is 10.6 Å². The van der Waals surface area contributed by atoms with Crippen molar-refractivity contribution in [2.75, 3.05) is 7.11 Å². The minimum atomic E-state index is -0.267. The summed E-state index contributed by atoms with van der Waals surface area (Å²) in [6, 6.07) is 24.2. The average Bonchev–Trinajstić information content (AvgIpc) is 2.67. The summed E-state index contributed by atoms with van der Waals surface area (Å²) in [7, 11) is 1.58. The fourth-order valence-electron chi connectivity index (χ4n) is 2.64. The topological polar surface area (TPSA) is 38.3 Å². The zero-order valence-electron chi connectivity index (χ0n) is 13.8. The predicted octanol–water partition coefficient (Wildman–Crippen LogP) is 4.87. The van der Waals surface area contributed by atoms with Crippen molar-refractivity contribution in [3.63, 3.8) is 0 Å². The number of amides is 1. The second kappa shape index (κ2) is 7.86. The molecule has 1 amide bonds. The van der Waals surface area contributed by atoms with Crippen molar-refractivity contribution < 1.29 is 9.53 Å². The molecule has 3 rings (SSSR count). The molecule has 0 aliphatic carbocycles. The highest BCUT2D eigenvalue weighted by Gasteiger charge is 2.18. The van der Waals surface area contributed by atoms with Crippen LogP contribution in [-0.4, -0.2) is 13.0 Å². The van der Waals surface area contributed by atoms with Gasteiger partial charge in [0.05, 0.1) is 13.2 Å². The molecular formula is C21H18ClNO2. The summed E-state index contributed by atoms with van der Waals surface area (Å²) < 4.78 is 5.20. The lowest BCUT2D eigenvalue weighted by atomic mass is 9.98. The molecule has 1 atom stereocenters. The van der Waals surface area contributed by atoms with Crippen molar-refractivity contribution in [3.05, 3.63) is 101 Å². The van der Waals surface area contributed by atoms with Crippen LogP contribution in [-0.2, 0) is 0 Å². The third-order valence-electron chi connectivity index (χ3n) is 3.94.